The zero-order valence-electron chi connectivity index (χ0n) is 16.2. The van der Waals surface area contributed by atoms with Crippen LogP contribution in [0.4, 0.5) is 0 Å². The second kappa shape index (κ2) is 9.21. The van der Waals surface area contributed by atoms with Crippen LogP contribution in [0.25, 0.3) is 0 Å². The number of hydrogen-bond acceptors (Lipinski definition) is 6. The van der Waals surface area contributed by atoms with Gasteiger partial charge in [-0.2, -0.15) is 0 Å². The maximum absolute atomic E-state index is 12.0. The summed E-state index contributed by atoms with van der Waals surface area (Å²) in [7, 11) is -3.73. The number of nitrogens with two attached hydrogens (primary N) is 1. The van der Waals surface area contributed by atoms with Crippen molar-refractivity contribution in [2.45, 2.75) is 55.3 Å². The zero-order chi connectivity index (χ0) is 20.9. The molecule has 9 nitrogen and oxygen atoms in total. The van der Waals surface area contributed by atoms with Crippen LogP contribution in [0.15, 0.2) is 29.2 Å². The summed E-state index contributed by atoms with van der Waals surface area (Å²) in [6.07, 6.45) is 5.28. The lowest BCUT2D eigenvalue weighted by molar-refractivity contribution is -0.186. The molecule has 1 aliphatic heterocycles. The summed E-state index contributed by atoms with van der Waals surface area (Å²) < 4.78 is 34.2. The Morgan fingerprint density at radius 1 is 1.07 bits per heavy atom. The first-order valence-corrected chi connectivity index (χ1v) is 11.3. The van der Waals surface area contributed by atoms with Crippen molar-refractivity contribution >= 4 is 21.8 Å². The minimum Gasteiger partial charge on any atom is -0.348 e. The van der Waals surface area contributed by atoms with Gasteiger partial charge in [-0.05, 0) is 37.0 Å². The molecule has 2 fully saturated rings. The molecule has 29 heavy (non-hydrogen) atoms. The second-order valence-corrected chi connectivity index (χ2v) is 8.99. The first-order valence-electron chi connectivity index (χ1n) is 9.77. The highest BCUT2D eigenvalue weighted by molar-refractivity contribution is 7.89. The largest absolute Gasteiger partial charge is 0.348 e. The van der Waals surface area contributed by atoms with Crippen LogP contribution < -0.4 is 15.8 Å². The highest BCUT2D eigenvalue weighted by Crippen LogP contribution is 2.37. The number of carbonyl (C=O) groups excluding carboxylic acids is 2. The van der Waals surface area contributed by atoms with Gasteiger partial charge in [-0.15, -0.1) is 0 Å². The molecule has 160 valence electrons. The number of benzene rings is 1. The van der Waals surface area contributed by atoms with Crippen molar-refractivity contribution in [2.24, 2.45) is 5.14 Å². The average molecular weight is 426 g/mol. The van der Waals surface area contributed by atoms with Crippen molar-refractivity contribution in [1.29, 1.82) is 0 Å². The molecule has 0 bridgehead atoms. The molecule has 1 heterocycles. The van der Waals surface area contributed by atoms with Gasteiger partial charge in [0.05, 0.1) is 11.5 Å². The fourth-order valence-corrected chi connectivity index (χ4v) is 4.12. The van der Waals surface area contributed by atoms with E-state index in [1.807, 2.05) is 0 Å². The van der Waals surface area contributed by atoms with E-state index in [2.05, 4.69) is 10.6 Å². The summed E-state index contributed by atoms with van der Waals surface area (Å²) in [6.45, 7) is 0.882. The zero-order valence-corrected chi connectivity index (χ0v) is 17.0. The molecule has 1 aromatic carbocycles. The van der Waals surface area contributed by atoms with E-state index in [1.165, 1.54) is 18.6 Å². The molecule has 1 spiro atoms. The van der Waals surface area contributed by atoms with E-state index in [1.54, 1.807) is 12.1 Å². The van der Waals surface area contributed by atoms with Crippen LogP contribution in [-0.2, 0) is 35.5 Å². The molecule has 1 saturated carbocycles. The summed E-state index contributed by atoms with van der Waals surface area (Å²) in [4.78, 5) is 23.9. The summed E-state index contributed by atoms with van der Waals surface area (Å²) in [5.74, 6) is -1.95. The SMILES string of the molecule is NS(=O)(=O)c1ccc(CCNC(=O)C(=O)NC[C@H]2COC3(CCCCC3)O2)cc1. The number of carbonyl (C=O) groups is 2. The fourth-order valence-electron chi connectivity index (χ4n) is 3.60. The van der Waals surface area contributed by atoms with Gasteiger partial charge in [0.15, 0.2) is 5.79 Å². The maximum atomic E-state index is 12.0. The van der Waals surface area contributed by atoms with Gasteiger partial charge >= 0.3 is 11.8 Å². The summed E-state index contributed by atoms with van der Waals surface area (Å²) in [5, 5.41) is 10.2. The van der Waals surface area contributed by atoms with E-state index < -0.39 is 27.6 Å². The monoisotopic (exact) mass is 425 g/mol. The van der Waals surface area contributed by atoms with Crippen LogP contribution in [0.5, 0.6) is 0 Å². The molecule has 2 aliphatic rings. The number of sulfonamides is 1. The highest BCUT2D eigenvalue weighted by Gasteiger charge is 2.42. The third-order valence-corrected chi connectivity index (χ3v) is 6.11. The summed E-state index contributed by atoms with van der Waals surface area (Å²) >= 11 is 0. The molecule has 1 aromatic rings. The summed E-state index contributed by atoms with van der Waals surface area (Å²) in [6, 6.07) is 6.04. The van der Waals surface area contributed by atoms with E-state index >= 15 is 0 Å². The Bertz CT molecular complexity index is 834. The number of ether oxygens (including phenoxy) is 2. The first-order chi connectivity index (χ1) is 13.8. The Kier molecular flexibility index (Phi) is 6.89. The van der Waals surface area contributed by atoms with Crippen LogP contribution in [0.3, 0.4) is 0 Å². The van der Waals surface area contributed by atoms with Crippen LogP contribution in [0, 0.1) is 0 Å². The number of rotatable bonds is 6. The summed E-state index contributed by atoms with van der Waals surface area (Å²) in [5.41, 5.74) is 0.812. The minimum absolute atomic E-state index is 0.0257. The third kappa shape index (κ3) is 5.99. The van der Waals surface area contributed by atoms with Crippen molar-refractivity contribution in [3.05, 3.63) is 29.8 Å². The van der Waals surface area contributed by atoms with Gasteiger partial charge < -0.3 is 20.1 Å². The van der Waals surface area contributed by atoms with Crippen LogP contribution >= 0.6 is 0 Å². The molecule has 0 radical (unpaired) electrons. The van der Waals surface area contributed by atoms with Gasteiger partial charge in [0, 0.05) is 25.9 Å². The number of amides is 2. The Morgan fingerprint density at radius 3 is 2.38 bits per heavy atom. The van der Waals surface area contributed by atoms with Crippen molar-refractivity contribution in [2.75, 3.05) is 19.7 Å². The van der Waals surface area contributed by atoms with Crippen LogP contribution in [-0.4, -0.2) is 51.8 Å². The lowest BCUT2D eigenvalue weighted by atomic mass is 9.94. The molecular formula is C19H27N3O6S. The number of primary sulfonamides is 1. The Labute approximate surface area is 170 Å². The molecule has 1 saturated heterocycles. The van der Waals surface area contributed by atoms with Gasteiger partial charge in [-0.3, -0.25) is 9.59 Å². The van der Waals surface area contributed by atoms with E-state index in [-0.39, 0.29) is 24.1 Å². The lowest BCUT2D eigenvalue weighted by Gasteiger charge is -2.31. The topological polar surface area (TPSA) is 137 Å². The van der Waals surface area contributed by atoms with Crippen LogP contribution in [0.2, 0.25) is 0 Å². The Hall–Kier alpha value is -2.01. The number of hydrogen-bond donors (Lipinski definition) is 3. The Balaban J connectivity index is 1.36. The highest BCUT2D eigenvalue weighted by atomic mass is 32.2. The van der Waals surface area contributed by atoms with Gasteiger partial charge in [-0.1, -0.05) is 18.6 Å². The molecule has 1 atom stereocenters. The van der Waals surface area contributed by atoms with Crippen molar-refractivity contribution < 1.29 is 27.5 Å². The smallest absolute Gasteiger partial charge is 0.309 e. The first kappa shape index (κ1) is 21.7. The normalized spacial score (nSPS) is 21.1. The van der Waals surface area contributed by atoms with Gasteiger partial charge in [0.25, 0.3) is 0 Å². The van der Waals surface area contributed by atoms with E-state index in [9.17, 15) is 18.0 Å². The molecular weight excluding hydrogens is 398 g/mol. The van der Waals surface area contributed by atoms with Gasteiger partial charge in [0.1, 0.15) is 6.10 Å². The molecule has 4 N–H and O–H groups in total. The fraction of sp³-hybridized carbons (Fsp3) is 0.579. The van der Waals surface area contributed by atoms with Crippen LogP contribution in [0.1, 0.15) is 37.7 Å². The quantitative estimate of drug-likeness (QED) is 0.556. The van der Waals surface area contributed by atoms with Crippen molar-refractivity contribution in [3.8, 4) is 0 Å². The lowest BCUT2D eigenvalue weighted by Crippen LogP contribution is -2.44. The Morgan fingerprint density at radius 2 is 1.72 bits per heavy atom. The standard InChI is InChI=1S/C19H27N3O6S/c20-29(25,26)16-6-4-14(5-7-16)8-11-21-17(23)18(24)22-12-15-13-27-19(28-15)9-2-1-3-10-19/h4-7,15H,1-3,8-13H2,(H,21,23)(H,22,24)(H2,20,25,26)/t15-/m0/s1. The van der Waals surface area contributed by atoms with E-state index in [0.29, 0.717) is 13.0 Å². The predicted octanol–water partition coefficient (Wildman–Crippen LogP) is 0.185. The van der Waals surface area contributed by atoms with Gasteiger partial charge in [0.2, 0.25) is 10.0 Å². The molecule has 1 aliphatic carbocycles. The van der Waals surface area contributed by atoms with E-state index in [0.717, 1.165) is 31.2 Å². The molecule has 0 aromatic heterocycles. The number of nitrogens with one attached hydrogen (secondary N) is 2. The maximum Gasteiger partial charge on any atom is 0.309 e. The average Bonchev–Trinajstić information content (AvgIpc) is 3.08. The van der Waals surface area contributed by atoms with Crippen molar-refractivity contribution in [1.82, 2.24) is 10.6 Å². The van der Waals surface area contributed by atoms with E-state index in [4.69, 9.17) is 14.6 Å². The molecule has 3 rings (SSSR count). The van der Waals surface area contributed by atoms with Crippen molar-refractivity contribution in [3.63, 3.8) is 0 Å². The minimum atomic E-state index is -3.73. The molecule has 10 heteroatoms. The predicted molar refractivity (Wildman–Crippen MR) is 104 cm³/mol. The van der Waals surface area contributed by atoms with Gasteiger partial charge in [-0.25, -0.2) is 13.6 Å². The molecule has 0 unspecified atom stereocenters. The second-order valence-electron chi connectivity index (χ2n) is 7.43. The third-order valence-electron chi connectivity index (χ3n) is 5.18. The molecule has 2 amide bonds.